The molecule has 0 fully saturated rings. The summed E-state index contributed by atoms with van der Waals surface area (Å²) in [5.74, 6) is 1.29. The molecule has 3 rings (SSSR count). The number of nitrogens with zero attached hydrogens (tertiary/aromatic N) is 2. The molecule has 2 N–H and O–H groups in total. The fraction of sp³-hybridized carbons (Fsp3) is 0.125. The molecule has 1 aromatic heterocycles. The lowest BCUT2D eigenvalue weighted by atomic mass is 10.1. The molecule has 106 valence electrons. The maximum Gasteiger partial charge on any atom is 0.188 e. The molecule has 0 spiro atoms. The summed E-state index contributed by atoms with van der Waals surface area (Å²) in [6.45, 7) is 0. The van der Waals surface area contributed by atoms with Gasteiger partial charge in [0.2, 0.25) is 0 Å². The van der Waals surface area contributed by atoms with E-state index in [4.69, 9.17) is 0 Å². The highest BCUT2D eigenvalue weighted by atomic mass is 32.2. The highest BCUT2D eigenvalue weighted by Crippen LogP contribution is 2.23. The quantitative estimate of drug-likeness (QED) is 0.710. The van der Waals surface area contributed by atoms with Crippen LogP contribution in [0.5, 0.6) is 0 Å². The SMILES string of the molecule is OC(c1ccccc1)c1nnc(SCc2ccccc2)[nH]1. The van der Waals surface area contributed by atoms with E-state index in [1.807, 2.05) is 48.5 Å². The van der Waals surface area contributed by atoms with Crippen LogP contribution in [0.25, 0.3) is 0 Å². The lowest BCUT2D eigenvalue weighted by Crippen LogP contribution is -2.01. The standard InChI is InChI=1S/C16H15N3OS/c20-14(13-9-5-2-6-10-13)15-17-16(19-18-15)21-11-12-7-3-1-4-8-12/h1-10,14,20H,11H2,(H,17,18,19). The van der Waals surface area contributed by atoms with Crippen molar-refractivity contribution in [2.24, 2.45) is 0 Å². The van der Waals surface area contributed by atoms with E-state index < -0.39 is 6.10 Å². The van der Waals surface area contributed by atoms with E-state index in [9.17, 15) is 5.11 Å². The van der Waals surface area contributed by atoms with Gasteiger partial charge in [0, 0.05) is 5.75 Å². The lowest BCUT2D eigenvalue weighted by molar-refractivity contribution is 0.210. The molecule has 0 saturated carbocycles. The van der Waals surface area contributed by atoms with Crippen LogP contribution in [-0.2, 0) is 5.75 Å². The number of aliphatic hydroxyl groups excluding tert-OH is 1. The Balaban J connectivity index is 1.66. The fourth-order valence-electron chi connectivity index (χ4n) is 1.97. The molecule has 0 aliphatic rings. The van der Waals surface area contributed by atoms with Gasteiger partial charge in [-0.3, -0.25) is 0 Å². The second-order valence-electron chi connectivity index (χ2n) is 4.60. The van der Waals surface area contributed by atoms with Crippen molar-refractivity contribution in [3.05, 3.63) is 77.6 Å². The zero-order valence-corrected chi connectivity index (χ0v) is 12.1. The van der Waals surface area contributed by atoms with Crippen molar-refractivity contribution in [3.8, 4) is 0 Å². The van der Waals surface area contributed by atoms with Gasteiger partial charge in [0.1, 0.15) is 6.10 Å². The topological polar surface area (TPSA) is 61.8 Å². The first-order chi connectivity index (χ1) is 10.3. The van der Waals surface area contributed by atoms with Gasteiger partial charge < -0.3 is 10.1 Å². The van der Waals surface area contributed by atoms with Crippen molar-refractivity contribution in [1.29, 1.82) is 0 Å². The van der Waals surface area contributed by atoms with Crippen LogP contribution in [0.1, 0.15) is 23.1 Å². The molecule has 0 bridgehead atoms. The summed E-state index contributed by atoms with van der Waals surface area (Å²) in [6.07, 6.45) is -0.773. The first-order valence-electron chi connectivity index (χ1n) is 6.65. The summed E-state index contributed by atoms with van der Waals surface area (Å²) in [7, 11) is 0. The second-order valence-corrected chi connectivity index (χ2v) is 5.57. The van der Waals surface area contributed by atoms with Crippen LogP contribution < -0.4 is 0 Å². The van der Waals surface area contributed by atoms with Gasteiger partial charge in [-0.05, 0) is 11.1 Å². The number of aromatic nitrogens is 3. The number of nitrogens with one attached hydrogen (secondary N) is 1. The van der Waals surface area contributed by atoms with Crippen molar-refractivity contribution in [2.45, 2.75) is 17.0 Å². The second kappa shape index (κ2) is 6.56. The number of thioether (sulfide) groups is 1. The Kier molecular flexibility index (Phi) is 4.33. The molecule has 0 radical (unpaired) electrons. The largest absolute Gasteiger partial charge is 0.380 e. The number of aromatic amines is 1. The van der Waals surface area contributed by atoms with Crippen molar-refractivity contribution < 1.29 is 5.11 Å². The molecule has 0 amide bonds. The minimum Gasteiger partial charge on any atom is -0.380 e. The maximum atomic E-state index is 10.2. The van der Waals surface area contributed by atoms with Gasteiger partial charge in [0.25, 0.3) is 0 Å². The molecule has 1 heterocycles. The first kappa shape index (κ1) is 13.9. The maximum absolute atomic E-state index is 10.2. The van der Waals surface area contributed by atoms with Gasteiger partial charge in [0.15, 0.2) is 11.0 Å². The van der Waals surface area contributed by atoms with Crippen LogP contribution in [0.15, 0.2) is 65.8 Å². The summed E-state index contributed by atoms with van der Waals surface area (Å²) in [4.78, 5) is 3.07. The minimum atomic E-state index is -0.773. The van der Waals surface area contributed by atoms with Crippen LogP contribution in [-0.4, -0.2) is 20.3 Å². The molecule has 4 nitrogen and oxygen atoms in total. The highest BCUT2D eigenvalue weighted by Gasteiger charge is 2.15. The molecule has 1 atom stereocenters. The Hall–Kier alpha value is -2.11. The summed E-state index contributed by atoms with van der Waals surface area (Å²) < 4.78 is 0. The molecule has 1 unspecified atom stereocenters. The zero-order valence-electron chi connectivity index (χ0n) is 11.3. The van der Waals surface area contributed by atoms with Crippen LogP contribution >= 0.6 is 11.8 Å². The van der Waals surface area contributed by atoms with E-state index in [-0.39, 0.29) is 0 Å². The first-order valence-corrected chi connectivity index (χ1v) is 7.64. The van der Waals surface area contributed by atoms with Gasteiger partial charge in [0.05, 0.1) is 0 Å². The van der Waals surface area contributed by atoms with E-state index in [0.717, 1.165) is 11.3 Å². The zero-order chi connectivity index (χ0) is 14.5. The molecule has 0 aliphatic carbocycles. The summed E-state index contributed by atoms with van der Waals surface area (Å²) in [5, 5.41) is 19.1. The van der Waals surface area contributed by atoms with Crippen molar-refractivity contribution in [2.75, 3.05) is 0 Å². The van der Waals surface area contributed by atoms with Gasteiger partial charge in [-0.25, -0.2) is 0 Å². The van der Waals surface area contributed by atoms with E-state index in [2.05, 4.69) is 27.3 Å². The smallest absolute Gasteiger partial charge is 0.188 e. The number of hydrogen-bond donors (Lipinski definition) is 2. The summed E-state index contributed by atoms with van der Waals surface area (Å²) >= 11 is 1.57. The molecule has 0 saturated heterocycles. The average Bonchev–Trinajstić information content (AvgIpc) is 3.03. The number of aliphatic hydroxyl groups is 1. The summed E-state index contributed by atoms with van der Waals surface area (Å²) in [5.41, 5.74) is 2.03. The van der Waals surface area contributed by atoms with Gasteiger partial charge >= 0.3 is 0 Å². The Labute approximate surface area is 127 Å². The van der Waals surface area contributed by atoms with E-state index in [1.165, 1.54) is 5.56 Å². The third-order valence-electron chi connectivity index (χ3n) is 3.08. The average molecular weight is 297 g/mol. The van der Waals surface area contributed by atoms with Crippen molar-refractivity contribution in [1.82, 2.24) is 15.2 Å². The summed E-state index contributed by atoms with van der Waals surface area (Å²) in [6, 6.07) is 19.6. The van der Waals surface area contributed by atoms with Gasteiger partial charge in [-0.15, -0.1) is 10.2 Å². The van der Waals surface area contributed by atoms with E-state index in [1.54, 1.807) is 11.8 Å². The molecule has 2 aromatic carbocycles. The monoisotopic (exact) mass is 297 g/mol. The molecular formula is C16H15N3OS. The van der Waals surface area contributed by atoms with Crippen molar-refractivity contribution in [3.63, 3.8) is 0 Å². The Bertz CT molecular complexity index is 685. The van der Waals surface area contributed by atoms with Crippen LogP contribution in [0.2, 0.25) is 0 Å². The fourth-order valence-corrected chi connectivity index (χ4v) is 2.74. The molecule has 5 heteroatoms. The predicted molar refractivity (Wildman–Crippen MR) is 82.9 cm³/mol. The Morgan fingerprint density at radius 3 is 2.33 bits per heavy atom. The number of benzene rings is 2. The Morgan fingerprint density at radius 2 is 1.62 bits per heavy atom. The van der Waals surface area contributed by atoms with Crippen LogP contribution in [0, 0.1) is 0 Å². The number of H-pyrrole nitrogens is 1. The van der Waals surface area contributed by atoms with E-state index in [0.29, 0.717) is 11.0 Å². The van der Waals surface area contributed by atoms with Crippen LogP contribution in [0.4, 0.5) is 0 Å². The minimum absolute atomic E-state index is 0.469. The molecular weight excluding hydrogens is 282 g/mol. The highest BCUT2D eigenvalue weighted by molar-refractivity contribution is 7.98. The number of hydrogen-bond acceptors (Lipinski definition) is 4. The molecule has 21 heavy (non-hydrogen) atoms. The third-order valence-corrected chi connectivity index (χ3v) is 4.01. The Morgan fingerprint density at radius 1 is 0.952 bits per heavy atom. The molecule has 0 aliphatic heterocycles. The number of rotatable bonds is 5. The molecule has 3 aromatic rings. The lowest BCUT2D eigenvalue weighted by Gasteiger charge is -2.06. The van der Waals surface area contributed by atoms with Gasteiger partial charge in [-0.1, -0.05) is 72.4 Å². The van der Waals surface area contributed by atoms with Gasteiger partial charge in [-0.2, -0.15) is 0 Å². The predicted octanol–water partition coefficient (Wildman–Crippen LogP) is 3.18. The van der Waals surface area contributed by atoms with E-state index >= 15 is 0 Å². The normalized spacial score (nSPS) is 12.2. The van der Waals surface area contributed by atoms with Crippen molar-refractivity contribution >= 4 is 11.8 Å². The third kappa shape index (κ3) is 3.51. The van der Waals surface area contributed by atoms with Crippen LogP contribution in [0.3, 0.4) is 0 Å².